The summed E-state index contributed by atoms with van der Waals surface area (Å²) in [5.41, 5.74) is 0.464. The zero-order valence-electron chi connectivity index (χ0n) is 9.51. The van der Waals surface area contributed by atoms with Crippen LogP contribution in [0.15, 0.2) is 23.1 Å². The molecule has 0 aliphatic heterocycles. The summed E-state index contributed by atoms with van der Waals surface area (Å²) in [6.45, 7) is 0.635. The highest BCUT2D eigenvalue weighted by atomic mass is 32.2. The van der Waals surface area contributed by atoms with Crippen LogP contribution < -0.4 is 9.46 Å². The molecular formula is C11H15NO3S2. The highest BCUT2D eigenvalue weighted by molar-refractivity contribution is 7.92. The van der Waals surface area contributed by atoms with Gasteiger partial charge in [0, 0.05) is 4.90 Å². The third-order valence-corrected chi connectivity index (χ3v) is 3.30. The van der Waals surface area contributed by atoms with E-state index >= 15 is 0 Å². The maximum absolute atomic E-state index is 11.2. The van der Waals surface area contributed by atoms with Crippen LogP contribution >= 0.6 is 12.6 Å². The number of hydrogen-bond donors (Lipinski definition) is 2. The lowest BCUT2D eigenvalue weighted by Crippen LogP contribution is -2.11. The number of hydrogen-bond acceptors (Lipinski definition) is 4. The van der Waals surface area contributed by atoms with Crippen molar-refractivity contribution in [2.24, 2.45) is 5.92 Å². The molecule has 0 unspecified atom stereocenters. The highest BCUT2D eigenvalue weighted by Crippen LogP contribution is 2.33. The number of benzene rings is 1. The molecule has 0 saturated heterocycles. The molecule has 94 valence electrons. The normalized spacial score (nSPS) is 15.6. The number of nitrogens with one attached hydrogen (secondary N) is 1. The molecule has 0 atom stereocenters. The Morgan fingerprint density at radius 2 is 2.18 bits per heavy atom. The Morgan fingerprint density at radius 1 is 1.47 bits per heavy atom. The van der Waals surface area contributed by atoms with E-state index in [1.165, 1.54) is 12.8 Å². The van der Waals surface area contributed by atoms with Crippen molar-refractivity contribution in [1.82, 2.24) is 0 Å². The molecule has 1 N–H and O–H groups in total. The predicted molar refractivity (Wildman–Crippen MR) is 70.4 cm³/mol. The number of thiol groups is 1. The lowest BCUT2D eigenvalue weighted by molar-refractivity contribution is 0.300. The molecule has 0 heterocycles. The van der Waals surface area contributed by atoms with Crippen molar-refractivity contribution < 1.29 is 13.2 Å². The summed E-state index contributed by atoms with van der Waals surface area (Å²) in [7, 11) is -3.29. The molecule has 2 rings (SSSR count). The van der Waals surface area contributed by atoms with Gasteiger partial charge in [0.2, 0.25) is 10.0 Å². The Hall–Kier alpha value is -0.880. The van der Waals surface area contributed by atoms with E-state index in [4.69, 9.17) is 4.74 Å². The summed E-state index contributed by atoms with van der Waals surface area (Å²) in [6, 6.07) is 5.10. The Morgan fingerprint density at radius 3 is 2.76 bits per heavy atom. The lowest BCUT2D eigenvalue weighted by atomic mass is 10.3. The fraction of sp³-hybridized carbons (Fsp3) is 0.455. The van der Waals surface area contributed by atoms with Gasteiger partial charge in [-0.05, 0) is 37.0 Å². The summed E-state index contributed by atoms with van der Waals surface area (Å²) in [6.07, 6.45) is 3.50. The van der Waals surface area contributed by atoms with Crippen LogP contribution in [0.25, 0.3) is 0 Å². The van der Waals surface area contributed by atoms with E-state index < -0.39 is 10.0 Å². The minimum atomic E-state index is -3.29. The van der Waals surface area contributed by atoms with Crippen molar-refractivity contribution in [2.75, 3.05) is 17.6 Å². The lowest BCUT2D eigenvalue weighted by Gasteiger charge is -2.12. The van der Waals surface area contributed by atoms with Crippen molar-refractivity contribution in [2.45, 2.75) is 17.7 Å². The fourth-order valence-corrected chi connectivity index (χ4v) is 2.17. The third kappa shape index (κ3) is 4.12. The summed E-state index contributed by atoms with van der Waals surface area (Å²) in [5, 5.41) is 0. The maximum Gasteiger partial charge on any atom is 0.229 e. The largest absolute Gasteiger partial charge is 0.491 e. The number of ether oxygens (including phenoxy) is 1. The second-order valence-corrected chi connectivity index (χ2v) is 6.57. The van der Waals surface area contributed by atoms with Gasteiger partial charge in [0.1, 0.15) is 5.75 Å². The van der Waals surface area contributed by atoms with Crippen molar-refractivity contribution in [3.05, 3.63) is 18.2 Å². The third-order valence-electron chi connectivity index (χ3n) is 2.43. The molecule has 6 heteroatoms. The van der Waals surface area contributed by atoms with Crippen LogP contribution in [0.5, 0.6) is 5.75 Å². The second-order valence-electron chi connectivity index (χ2n) is 4.31. The van der Waals surface area contributed by atoms with E-state index in [0.29, 0.717) is 24.0 Å². The van der Waals surface area contributed by atoms with Crippen LogP contribution in [0.1, 0.15) is 12.8 Å². The molecule has 0 spiro atoms. The number of anilines is 1. The Kier molecular flexibility index (Phi) is 3.53. The van der Waals surface area contributed by atoms with Gasteiger partial charge >= 0.3 is 0 Å². The molecule has 0 aromatic heterocycles. The van der Waals surface area contributed by atoms with Crippen LogP contribution in [0.4, 0.5) is 5.69 Å². The Labute approximate surface area is 107 Å². The van der Waals surface area contributed by atoms with E-state index in [0.717, 1.165) is 11.2 Å². The maximum atomic E-state index is 11.2. The molecule has 1 aliphatic carbocycles. The van der Waals surface area contributed by atoms with Crippen LogP contribution in [0.3, 0.4) is 0 Å². The quantitative estimate of drug-likeness (QED) is 0.808. The monoisotopic (exact) mass is 273 g/mol. The zero-order chi connectivity index (χ0) is 12.5. The van der Waals surface area contributed by atoms with E-state index in [-0.39, 0.29) is 0 Å². The summed E-state index contributed by atoms with van der Waals surface area (Å²) < 4.78 is 30.5. The molecule has 1 aromatic carbocycles. The van der Waals surface area contributed by atoms with Gasteiger partial charge in [-0.2, -0.15) is 0 Å². The van der Waals surface area contributed by atoms with Gasteiger partial charge in [0.15, 0.2) is 0 Å². The molecular weight excluding hydrogens is 258 g/mol. The van der Waals surface area contributed by atoms with Gasteiger partial charge in [-0.25, -0.2) is 8.42 Å². The summed E-state index contributed by atoms with van der Waals surface area (Å²) in [5.74, 6) is 1.15. The molecule has 0 radical (unpaired) electrons. The smallest absolute Gasteiger partial charge is 0.229 e. The van der Waals surface area contributed by atoms with Crippen molar-refractivity contribution >= 4 is 28.3 Å². The van der Waals surface area contributed by atoms with Crippen LogP contribution in [-0.4, -0.2) is 21.3 Å². The number of sulfonamides is 1. The molecule has 0 amide bonds. The van der Waals surface area contributed by atoms with E-state index in [1.54, 1.807) is 18.2 Å². The average Bonchev–Trinajstić information content (AvgIpc) is 3.00. The summed E-state index contributed by atoms with van der Waals surface area (Å²) >= 11 is 4.22. The van der Waals surface area contributed by atoms with Gasteiger partial charge < -0.3 is 4.74 Å². The highest BCUT2D eigenvalue weighted by Gasteiger charge is 2.22. The second kappa shape index (κ2) is 4.78. The number of rotatable bonds is 5. The van der Waals surface area contributed by atoms with Gasteiger partial charge in [-0.1, -0.05) is 0 Å². The van der Waals surface area contributed by atoms with Crippen molar-refractivity contribution in [3.63, 3.8) is 0 Å². The van der Waals surface area contributed by atoms with E-state index in [1.807, 2.05) is 0 Å². The van der Waals surface area contributed by atoms with E-state index in [9.17, 15) is 8.42 Å². The molecule has 4 nitrogen and oxygen atoms in total. The minimum Gasteiger partial charge on any atom is -0.491 e. The minimum absolute atomic E-state index is 0.464. The van der Waals surface area contributed by atoms with Gasteiger partial charge in [-0.3, -0.25) is 4.72 Å². The molecule has 0 bridgehead atoms. The van der Waals surface area contributed by atoms with E-state index in [2.05, 4.69) is 17.4 Å². The molecule has 17 heavy (non-hydrogen) atoms. The molecule has 1 fully saturated rings. The first-order chi connectivity index (χ1) is 7.94. The first-order valence-corrected chi connectivity index (χ1v) is 7.71. The van der Waals surface area contributed by atoms with Crippen LogP contribution in [0.2, 0.25) is 0 Å². The molecule has 1 aromatic rings. The van der Waals surface area contributed by atoms with Gasteiger partial charge in [0.05, 0.1) is 18.6 Å². The fourth-order valence-electron chi connectivity index (χ4n) is 1.41. The predicted octanol–water partition coefficient (Wildman–Crippen LogP) is 2.14. The standard InChI is InChI=1S/C11H15NO3S2/c1-17(13,14)12-10-5-4-9(16)6-11(10)15-7-8-2-3-8/h4-6,8,12,16H,2-3,7H2,1H3. The van der Waals surface area contributed by atoms with Gasteiger partial charge in [0.25, 0.3) is 0 Å². The zero-order valence-corrected chi connectivity index (χ0v) is 11.2. The van der Waals surface area contributed by atoms with Crippen LogP contribution in [0, 0.1) is 5.92 Å². The average molecular weight is 273 g/mol. The molecule has 1 aliphatic rings. The van der Waals surface area contributed by atoms with Crippen LogP contribution in [-0.2, 0) is 10.0 Å². The summed E-state index contributed by atoms with van der Waals surface area (Å²) in [4.78, 5) is 0.745. The van der Waals surface area contributed by atoms with Gasteiger partial charge in [-0.15, -0.1) is 12.6 Å². The van der Waals surface area contributed by atoms with Crippen molar-refractivity contribution in [1.29, 1.82) is 0 Å². The molecule has 1 saturated carbocycles. The Bertz CT molecular complexity index is 509. The Balaban J connectivity index is 2.16. The van der Waals surface area contributed by atoms with Crippen molar-refractivity contribution in [3.8, 4) is 5.75 Å². The SMILES string of the molecule is CS(=O)(=O)Nc1ccc(S)cc1OCC1CC1. The first kappa shape index (κ1) is 12.6. The first-order valence-electron chi connectivity index (χ1n) is 5.37. The topological polar surface area (TPSA) is 55.4 Å².